The zero-order valence-electron chi connectivity index (χ0n) is 10.3. The van der Waals surface area contributed by atoms with E-state index in [1.54, 1.807) is 6.07 Å². The molecule has 3 nitrogen and oxygen atoms in total. The standard InChI is InChI=1S/C13H17FN2O.ClH/c1-9-2-3-11(14)6-12(9)13(17)16-8-10-4-5-15-7-10;/h2-3,6,10,15H,4-5,7-8H2,1H3,(H,16,17);1H. The van der Waals surface area contributed by atoms with Gasteiger partial charge in [0.25, 0.3) is 5.91 Å². The number of aryl methyl sites for hydroxylation is 1. The number of amides is 1. The number of hydrogen-bond acceptors (Lipinski definition) is 2. The molecule has 1 heterocycles. The highest BCUT2D eigenvalue weighted by Crippen LogP contribution is 2.11. The normalized spacial score (nSPS) is 18.2. The largest absolute Gasteiger partial charge is 0.352 e. The molecule has 0 aromatic heterocycles. The van der Waals surface area contributed by atoms with Gasteiger partial charge in [-0.25, -0.2) is 4.39 Å². The van der Waals surface area contributed by atoms with E-state index in [2.05, 4.69) is 10.6 Å². The van der Waals surface area contributed by atoms with Gasteiger partial charge in [0.15, 0.2) is 0 Å². The first-order valence-corrected chi connectivity index (χ1v) is 5.92. The fraction of sp³-hybridized carbons (Fsp3) is 0.462. The third kappa shape index (κ3) is 3.68. The van der Waals surface area contributed by atoms with Crippen LogP contribution in [0.25, 0.3) is 0 Å². The molecule has 1 saturated heterocycles. The minimum atomic E-state index is -0.372. The molecule has 18 heavy (non-hydrogen) atoms. The van der Waals surface area contributed by atoms with Crippen molar-refractivity contribution in [3.8, 4) is 0 Å². The SMILES string of the molecule is Cc1ccc(F)cc1C(=O)NCC1CCNC1.Cl. The van der Waals surface area contributed by atoms with E-state index in [1.807, 2.05) is 6.92 Å². The summed E-state index contributed by atoms with van der Waals surface area (Å²) in [7, 11) is 0. The number of rotatable bonds is 3. The Balaban J connectivity index is 0.00000162. The molecule has 2 rings (SSSR count). The first kappa shape index (κ1) is 14.9. The fourth-order valence-corrected chi connectivity index (χ4v) is 2.06. The monoisotopic (exact) mass is 272 g/mol. The van der Waals surface area contributed by atoms with Gasteiger partial charge in [-0.3, -0.25) is 4.79 Å². The average molecular weight is 273 g/mol. The average Bonchev–Trinajstić information content (AvgIpc) is 2.82. The molecule has 1 fully saturated rings. The van der Waals surface area contributed by atoms with Crippen LogP contribution in [0.1, 0.15) is 22.3 Å². The van der Waals surface area contributed by atoms with Crippen molar-refractivity contribution in [1.82, 2.24) is 10.6 Å². The molecule has 0 aliphatic carbocycles. The molecule has 0 saturated carbocycles. The number of benzene rings is 1. The molecule has 1 amide bonds. The lowest BCUT2D eigenvalue weighted by molar-refractivity contribution is 0.0947. The van der Waals surface area contributed by atoms with Gasteiger partial charge >= 0.3 is 0 Å². The van der Waals surface area contributed by atoms with Gasteiger partial charge in [-0.2, -0.15) is 0 Å². The highest BCUT2D eigenvalue weighted by molar-refractivity contribution is 5.95. The minimum absolute atomic E-state index is 0. The fourth-order valence-electron chi connectivity index (χ4n) is 2.06. The molecule has 5 heteroatoms. The third-order valence-electron chi connectivity index (χ3n) is 3.16. The summed E-state index contributed by atoms with van der Waals surface area (Å²) in [6, 6.07) is 4.28. The number of nitrogens with one attached hydrogen (secondary N) is 2. The van der Waals surface area contributed by atoms with Crippen LogP contribution in [0.15, 0.2) is 18.2 Å². The molecule has 1 aromatic carbocycles. The zero-order valence-corrected chi connectivity index (χ0v) is 11.1. The maximum Gasteiger partial charge on any atom is 0.251 e. The quantitative estimate of drug-likeness (QED) is 0.882. The van der Waals surface area contributed by atoms with Gasteiger partial charge in [0.2, 0.25) is 0 Å². The van der Waals surface area contributed by atoms with Crippen molar-refractivity contribution in [2.45, 2.75) is 13.3 Å². The van der Waals surface area contributed by atoms with Crippen LogP contribution in [0.2, 0.25) is 0 Å². The Hall–Kier alpha value is -1.13. The van der Waals surface area contributed by atoms with Gasteiger partial charge in [0.1, 0.15) is 5.82 Å². The Morgan fingerprint density at radius 1 is 1.56 bits per heavy atom. The summed E-state index contributed by atoms with van der Waals surface area (Å²) in [5, 5.41) is 6.11. The predicted molar refractivity (Wildman–Crippen MR) is 71.7 cm³/mol. The Morgan fingerprint density at radius 2 is 2.33 bits per heavy atom. The molecule has 0 radical (unpaired) electrons. The number of halogens is 2. The van der Waals surface area contributed by atoms with E-state index in [9.17, 15) is 9.18 Å². The van der Waals surface area contributed by atoms with Gasteiger partial charge in [-0.05, 0) is 50.0 Å². The summed E-state index contributed by atoms with van der Waals surface area (Å²) in [4.78, 5) is 11.9. The number of carbonyl (C=O) groups excluding carboxylic acids is 1. The van der Waals surface area contributed by atoms with E-state index >= 15 is 0 Å². The Morgan fingerprint density at radius 3 is 3.00 bits per heavy atom. The highest BCUT2D eigenvalue weighted by atomic mass is 35.5. The maximum absolute atomic E-state index is 13.1. The second-order valence-corrected chi connectivity index (χ2v) is 4.53. The summed E-state index contributed by atoms with van der Waals surface area (Å²) in [5.41, 5.74) is 1.23. The molecule has 0 spiro atoms. The molecule has 0 bridgehead atoms. The van der Waals surface area contributed by atoms with Crippen molar-refractivity contribution in [2.75, 3.05) is 19.6 Å². The van der Waals surface area contributed by atoms with Crippen molar-refractivity contribution in [3.63, 3.8) is 0 Å². The summed E-state index contributed by atoms with van der Waals surface area (Å²) in [6.45, 7) is 4.43. The third-order valence-corrected chi connectivity index (χ3v) is 3.16. The van der Waals surface area contributed by atoms with Gasteiger partial charge in [0.05, 0.1) is 0 Å². The van der Waals surface area contributed by atoms with Crippen LogP contribution in [0.5, 0.6) is 0 Å². The minimum Gasteiger partial charge on any atom is -0.352 e. The summed E-state index contributed by atoms with van der Waals surface area (Å²) >= 11 is 0. The summed E-state index contributed by atoms with van der Waals surface area (Å²) in [5.74, 6) is -0.0648. The van der Waals surface area contributed by atoms with Crippen molar-refractivity contribution >= 4 is 18.3 Å². The van der Waals surface area contributed by atoms with Crippen molar-refractivity contribution < 1.29 is 9.18 Å². The number of carbonyl (C=O) groups is 1. The van der Waals surface area contributed by atoms with Gasteiger partial charge < -0.3 is 10.6 Å². The molecule has 1 aliphatic rings. The second kappa shape index (κ2) is 6.71. The van der Waals surface area contributed by atoms with E-state index in [0.29, 0.717) is 18.0 Å². The van der Waals surface area contributed by atoms with E-state index in [-0.39, 0.29) is 24.1 Å². The van der Waals surface area contributed by atoms with E-state index in [0.717, 1.165) is 25.1 Å². The molecule has 1 aromatic rings. The van der Waals surface area contributed by atoms with Crippen LogP contribution in [0.4, 0.5) is 4.39 Å². The lowest BCUT2D eigenvalue weighted by Crippen LogP contribution is -2.30. The van der Waals surface area contributed by atoms with E-state index in [1.165, 1.54) is 12.1 Å². The van der Waals surface area contributed by atoms with Gasteiger partial charge in [-0.15, -0.1) is 12.4 Å². The summed E-state index contributed by atoms with van der Waals surface area (Å²) in [6.07, 6.45) is 1.09. The Bertz CT molecular complexity index is 419. The van der Waals surface area contributed by atoms with Crippen LogP contribution >= 0.6 is 12.4 Å². The maximum atomic E-state index is 13.1. The molecular formula is C13H18ClFN2O. The highest BCUT2D eigenvalue weighted by Gasteiger charge is 2.16. The molecule has 1 aliphatic heterocycles. The van der Waals surface area contributed by atoms with E-state index < -0.39 is 0 Å². The topological polar surface area (TPSA) is 41.1 Å². The van der Waals surface area contributed by atoms with Crippen LogP contribution in [0, 0.1) is 18.7 Å². The summed E-state index contributed by atoms with van der Waals surface area (Å²) < 4.78 is 13.1. The van der Waals surface area contributed by atoms with Gasteiger partial charge in [0, 0.05) is 12.1 Å². The zero-order chi connectivity index (χ0) is 12.3. The Labute approximate surface area is 113 Å². The lowest BCUT2D eigenvalue weighted by Gasteiger charge is -2.11. The van der Waals surface area contributed by atoms with E-state index in [4.69, 9.17) is 0 Å². The second-order valence-electron chi connectivity index (χ2n) is 4.53. The van der Waals surface area contributed by atoms with Crippen LogP contribution in [-0.4, -0.2) is 25.5 Å². The molecular weight excluding hydrogens is 255 g/mol. The molecule has 1 unspecified atom stereocenters. The first-order chi connectivity index (χ1) is 8.16. The van der Waals surface area contributed by atoms with Crippen molar-refractivity contribution in [1.29, 1.82) is 0 Å². The lowest BCUT2D eigenvalue weighted by atomic mass is 10.1. The molecule has 2 N–H and O–H groups in total. The van der Waals surface area contributed by atoms with Crippen LogP contribution < -0.4 is 10.6 Å². The van der Waals surface area contributed by atoms with Crippen molar-refractivity contribution in [3.05, 3.63) is 35.1 Å². The van der Waals surface area contributed by atoms with Gasteiger partial charge in [-0.1, -0.05) is 6.07 Å². The molecule has 100 valence electrons. The number of hydrogen-bond donors (Lipinski definition) is 2. The van der Waals surface area contributed by atoms with Crippen LogP contribution in [0.3, 0.4) is 0 Å². The van der Waals surface area contributed by atoms with Crippen LogP contribution in [-0.2, 0) is 0 Å². The smallest absolute Gasteiger partial charge is 0.251 e. The first-order valence-electron chi connectivity index (χ1n) is 5.92. The van der Waals surface area contributed by atoms with Crippen molar-refractivity contribution in [2.24, 2.45) is 5.92 Å². The Kier molecular flexibility index (Phi) is 5.56. The predicted octanol–water partition coefficient (Wildman–Crippen LogP) is 1.90. The molecule has 1 atom stereocenters.